The summed E-state index contributed by atoms with van der Waals surface area (Å²) in [6.07, 6.45) is 0.650. The van der Waals surface area contributed by atoms with E-state index in [2.05, 4.69) is 15.5 Å². The number of aromatic nitrogens is 2. The largest absolute Gasteiger partial charge is 0.478 e. The van der Waals surface area contributed by atoms with Crippen molar-refractivity contribution in [2.75, 3.05) is 11.9 Å². The van der Waals surface area contributed by atoms with Gasteiger partial charge >= 0.3 is 5.97 Å². The zero-order chi connectivity index (χ0) is 13.8. The van der Waals surface area contributed by atoms with E-state index in [1.165, 1.54) is 0 Å². The molecule has 0 aliphatic heterocycles. The van der Waals surface area contributed by atoms with Gasteiger partial charge in [-0.3, -0.25) is 0 Å². The first-order valence-electron chi connectivity index (χ1n) is 5.93. The minimum Gasteiger partial charge on any atom is -0.478 e. The van der Waals surface area contributed by atoms with Crippen LogP contribution in [0.2, 0.25) is 0 Å². The molecule has 0 amide bonds. The topological polar surface area (TPSA) is 88.2 Å². The molecule has 1 heterocycles. The number of benzene rings is 1. The van der Waals surface area contributed by atoms with Gasteiger partial charge in [0.05, 0.1) is 5.56 Å². The van der Waals surface area contributed by atoms with Crippen molar-refractivity contribution in [3.05, 3.63) is 41.0 Å². The Morgan fingerprint density at radius 2 is 2.21 bits per heavy atom. The van der Waals surface area contributed by atoms with Crippen LogP contribution in [-0.2, 0) is 6.42 Å². The molecule has 0 spiro atoms. The molecule has 6 nitrogen and oxygen atoms in total. The van der Waals surface area contributed by atoms with Crippen LogP contribution in [0.3, 0.4) is 0 Å². The van der Waals surface area contributed by atoms with Gasteiger partial charge in [-0.05, 0) is 30.7 Å². The number of hydrogen-bond acceptors (Lipinski definition) is 5. The number of aryl methyl sites for hydroxylation is 2. The SMILES string of the molecule is Cc1nc(CCNc2ccc(C(=O)O)cc2C)no1. The van der Waals surface area contributed by atoms with Crippen molar-refractivity contribution in [2.24, 2.45) is 0 Å². The van der Waals surface area contributed by atoms with Crippen LogP contribution >= 0.6 is 0 Å². The van der Waals surface area contributed by atoms with Crippen molar-refractivity contribution in [2.45, 2.75) is 20.3 Å². The van der Waals surface area contributed by atoms with E-state index < -0.39 is 5.97 Å². The normalized spacial score (nSPS) is 10.4. The maximum absolute atomic E-state index is 10.8. The van der Waals surface area contributed by atoms with Crippen LogP contribution in [0.1, 0.15) is 27.6 Å². The summed E-state index contributed by atoms with van der Waals surface area (Å²) in [5.41, 5.74) is 2.09. The molecular formula is C13H15N3O3. The predicted octanol–water partition coefficient (Wildman–Crippen LogP) is 2.04. The highest BCUT2D eigenvalue weighted by molar-refractivity contribution is 5.88. The number of carbonyl (C=O) groups is 1. The number of hydrogen-bond donors (Lipinski definition) is 2. The van der Waals surface area contributed by atoms with Gasteiger partial charge in [0.25, 0.3) is 0 Å². The van der Waals surface area contributed by atoms with Crippen LogP contribution in [0.25, 0.3) is 0 Å². The van der Waals surface area contributed by atoms with Crippen molar-refractivity contribution in [1.29, 1.82) is 0 Å². The maximum Gasteiger partial charge on any atom is 0.335 e. The van der Waals surface area contributed by atoms with Gasteiger partial charge in [0.15, 0.2) is 5.82 Å². The lowest BCUT2D eigenvalue weighted by atomic mass is 10.1. The second-order valence-electron chi connectivity index (χ2n) is 4.24. The van der Waals surface area contributed by atoms with Crippen molar-refractivity contribution in [1.82, 2.24) is 10.1 Å². The van der Waals surface area contributed by atoms with E-state index in [-0.39, 0.29) is 5.56 Å². The molecule has 2 N–H and O–H groups in total. The molecule has 0 unspecified atom stereocenters. The van der Waals surface area contributed by atoms with Crippen LogP contribution in [-0.4, -0.2) is 27.8 Å². The minimum atomic E-state index is -0.920. The van der Waals surface area contributed by atoms with Crippen LogP contribution in [0.5, 0.6) is 0 Å². The Kier molecular flexibility index (Phi) is 3.79. The molecule has 0 aliphatic rings. The van der Waals surface area contributed by atoms with Gasteiger partial charge in [0, 0.05) is 25.6 Å². The number of anilines is 1. The first kappa shape index (κ1) is 13.1. The summed E-state index contributed by atoms with van der Waals surface area (Å²) >= 11 is 0. The summed E-state index contributed by atoms with van der Waals surface area (Å²) in [6, 6.07) is 4.99. The summed E-state index contributed by atoms with van der Waals surface area (Å²) < 4.78 is 4.88. The summed E-state index contributed by atoms with van der Waals surface area (Å²) in [5.74, 6) is 0.290. The highest BCUT2D eigenvalue weighted by Crippen LogP contribution is 2.16. The molecule has 0 radical (unpaired) electrons. The Morgan fingerprint density at radius 1 is 1.42 bits per heavy atom. The Morgan fingerprint density at radius 3 is 2.79 bits per heavy atom. The van der Waals surface area contributed by atoms with Crippen LogP contribution < -0.4 is 5.32 Å². The third kappa shape index (κ3) is 3.31. The molecule has 1 aromatic carbocycles. The first-order valence-corrected chi connectivity index (χ1v) is 5.93. The van der Waals surface area contributed by atoms with E-state index in [1.807, 2.05) is 6.92 Å². The Hall–Kier alpha value is -2.37. The number of nitrogens with one attached hydrogen (secondary N) is 1. The number of carboxylic acids is 1. The van der Waals surface area contributed by atoms with Crippen LogP contribution in [0.15, 0.2) is 22.7 Å². The van der Waals surface area contributed by atoms with E-state index in [4.69, 9.17) is 9.63 Å². The van der Waals surface area contributed by atoms with E-state index in [0.29, 0.717) is 24.7 Å². The zero-order valence-corrected chi connectivity index (χ0v) is 10.8. The van der Waals surface area contributed by atoms with E-state index in [0.717, 1.165) is 11.3 Å². The highest BCUT2D eigenvalue weighted by Gasteiger charge is 2.06. The summed E-state index contributed by atoms with van der Waals surface area (Å²) in [6.45, 7) is 4.28. The quantitative estimate of drug-likeness (QED) is 0.856. The molecule has 1 aromatic heterocycles. The zero-order valence-electron chi connectivity index (χ0n) is 10.8. The fourth-order valence-corrected chi connectivity index (χ4v) is 1.75. The second kappa shape index (κ2) is 5.51. The van der Waals surface area contributed by atoms with Gasteiger partial charge < -0.3 is 14.9 Å². The van der Waals surface area contributed by atoms with Gasteiger partial charge in [-0.1, -0.05) is 5.16 Å². The van der Waals surface area contributed by atoms with Crippen molar-refractivity contribution >= 4 is 11.7 Å². The van der Waals surface area contributed by atoms with E-state index >= 15 is 0 Å². The van der Waals surface area contributed by atoms with Gasteiger partial charge in [-0.15, -0.1) is 0 Å². The fraction of sp³-hybridized carbons (Fsp3) is 0.308. The molecule has 19 heavy (non-hydrogen) atoms. The number of aromatic carboxylic acids is 1. The first-order chi connectivity index (χ1) is 9.06. The van der Waals surface area contributed by atoms with Gasteiger partial charge in [-0.25, -0.2) is 4.79 Å². The average molecular weight is 261 g/mol. The van der Waals surface area contributed by atoms with Gasteiger partial charge in [0.1, 0.15) is 0 Å². The molecule has 0 saturated carbocycles. The number of rotatable bonds is 5. The number of carboxylic acid groups (broad SMARTS) is 1. The molecule has 0 fully saturated rings. The highest BCUT2D eigenvalue weighted by atomic mass is 16.5. The monoisotopic (exact) mass is 261 g/mol. The summed E-state index contributed by atoms with van der Waals surface area (Å²) in [5, 5.41) is 15.9. The molecule has 2 aromatic rings. The van der Waals surface area contributed by atoms with Crippen LogP contribution in [0, 0.1) is 13.8 Å². The fourth-order valence-electron chi connectivity index (χ4n) is 1.75. The van der Waals surface area contributed by atoms with E-state index in [1.54, 1.807) is 25.1 Å². The summed E-state index contributed by atoms with van der Waals surface area (Å²) in [4.78, 5) is 14.9. The minimum absolute atomic E-state index is 0.289. The van der Waals surface area contributed by atoms with Gasteiger partial charge in [0.2, 0.25) is 5.89 Å². The number of nitrogens with zero attached hydrogens (tertiary/aromatic N) is 2. The second-order valence-corrected chi connectivity index (χ2v) is 4.24. The third-order valence-corrected chi connectivity index (χ3v) is 2.71. The van der Waals surface area contributed by atoms with Crippen LogP contribution in [0.4, 0.5) is 5.69 Å². The molecule has 0 atom stereocenters. The molecule has 0 bridgehead atoms. The molecular weight excluding hydrogens is 246 g/mol. The maximum atomic E-state index is 10.8. The lowest BCUT2D eigenvalue weighted by molar-refractivity contribution is 0.0697. The Labute approximate surface area is 110 Å². The van der Waals surface area contributed by atoms with E-state index in [9.17, 15) is 4.79 Å². The molecule has 2 rings (SSSR count). The molecule has 100 valence electrons. The Bertz CT molecular complexity index is 593. The average Bonchev–Trinajstić information content (AvgIpc) is 2.77. The molecule has 0 aliphatic carbocycles. The van der Waals surface area contributed by atoms with Crippen molar-refractivity contribution in [3.63, 3.8) is 0 Å². The lowest BCUT2D eigenvalue weighted by Gasteiger charge is -2.09. The standard InChI is InChI=1S/C13H15N3O3/c1-8-7-10(13(17)18)3-4-11(8)14-6-5-12-15-9(2)19-16-12/h3-4,7,14H,5-6H2,1-2H3,(H,17,18). The summed E-state index contributed by atoms with van der Waals surface area (Å²) in [7, 11) is 0. The smallest absolute Gasteiger partial charge is 0.335 e. The van der Waals surface area contributed by atoms with Crippen molar-refractivity contribution in [3.8, 4) is 0 Å². The van der Waals surface area contributed by atoms with Crippen molar-refractivity contribution < 1.29 is 14.4 Å². The van der Waals surface area contributed by atoms with Gasteiger partial charge in [-0.2, -0.15) is 4.98 Å². The third-order valence-electron chi connectivity index (χ3n) is 2.71. The Balaban J connectivity index is 1.94. The predicted molar refractivity (Wildman–Crippen MR) is 69.4 cm³/mol. The molecule has 0 saturated heterocycles. The lowest BCUT2D eigenvalue weighted by Crippen LogP contribution is -2.08. The molecule has 6 heteroatoms.